The minimum Gasteiger partial charge on any atom is -0.490 e. The molecule has 6 nitrogen and oxygen atoms in total. The highest BCUT2D eigenvalue weighted by atomic mass is 16.6. The minimum absolute atomic E-state index is 0.0399. The molecule has 0 amide bonds. The Bertz CT molecular complexity index is 409. The van der Waals surface area contributed by atoms with Crippen LogP contribution in [0.5, 0.6) is 5.75 Å². The molecule has 1 rings (SSSR count). The summed E-state index contributed by atoms with van der Waals surface area (Å²) in [4.78, 5) is 10.4. The van der Waals surface area contributed by atoms with E-state index in [-0.39, 0.29) is 11.4 Å². The molecule has 0 spiro atoms. The lowest BCUT2D eigenvalue weighted by Crippen LogP contribution is -2.15. The fraction of sp³-hybridized carbons (Fsp3) is 0.500. The highest BCUT2D eigenvalue weighted by molar-refractivity contribution is 5.58. The molecule has 1 N–H and O–H groups in total. The second kappa shape index (κ2) is 6.80. The summed E-state index contributed by atoms with van der Waals surface area (Å²) in [7, 11) is 3.06. The van der Waals surface area contributed by atoms with E-state index in [1.165, 1.54) is 13.2 Å². The maximum Gasteiger partial charge on any atom is 0.312 e. The van der Waals surface area contributed by atoms with Crippen molar-refractivity contribution in [1.29, 1.82) is 0 Å². The summed E-state index contributed by atoms with van der Waals surface area (Å²) < 4.78 is 9.96. The van der Waals surface area contributed by atoms with Gasteiger partial charge in [0.25, 0.3) is 0 Å². The van der Waals surface area contributed by atoms with Crippen molar-refractivity contribution in [3.05, 3.63) is 28.3 Å². The van der Waals surface area contributed by atoms with Gasteiger partial charge < -0.3 is 14.8 Å². The molecule has 1 unspecified atom stereocenters. The number of nitrogens with zero attached hydrogens (tertiary/aromatic N) is 1. The summed E-state index contributed by atoms with van der Waals surface area (Å²) in [6.45, 7) is 3.37. The van der Waals surface area contributed by atoms with E-state index in [4.69, 9.17) is 9.47 Å². The monoisotopic (exact) mass is 254 g/mol. The molecule has 0 aliphatic rings. The molecular formula is C12H18N2O4. The third-order valence-electron chi connectivity index (χ3n) is 2.48. The molecular weight excluding hydrogens is 236 g/mol. The molecule has 18 heavy (non-hydrogen) atoms. The molecule has 0 radical (unpaired) electrons. The molecule has 0 saturated carbocycles. The molecule has 0 aliphatic carbocycles. The van der Waals surface area contributed by atoms with Crippen LogP contribution in [-0.2, 0) is 4.74 Å². The summed E-state index contributed by atoms with van der Waals surface area (Å²) in [6.07, 6.45) is 0. The van der Waals surface area contributed by atoms with Gasteiger partial charge in [0.05, 0.1) is 18.6 Å². The second-order valence-electron chi connectivity index (χ2n) is 4.09. The van der Waals surface area contributed by atoms with Gasteiger partial charge in [0.15, 0.2) is 5.75 Å². The number of nitro benzene ring substituents is 1. The van der Waals surface area contributed by atoms with Crippen molar-refractivity contribution in [2.75, 3.05) is 32.7 Å². The lowest BCUT2D eigenvalue weighted by atomic mass is 10.2. The quantitative estimate of drug-likeness (QED) is 0.597. The van der Waals surface area contributed by atoms with Crippen molar-refractivity contribution < 1.29 is 14.4 Å². The van der Waals surface area contributed by atoms with E-state index in [9.17, 15) is 10.1 Å². The number of nitro groups is 1. The summed E-state index contributed by atoms with van der Waals surface area (Å²) in [5, 5.41) is 14.0. The van der Waals surface area contributed by atoms with Crippen molar-refractivity contribution >= 4 is 11.4 Å². The van der Waals surface area contributed by atoms with Crippen LogP contribution in [0.3, 0.4) is 0 Å². The van der Waals surface area contributed by atoms with Crippen molar-refractivity contribution in [1.82, 2.24) is 0 Å². The SMILES string of the molecule is COCC(C)CNc1ccc(OC)c([N+](=O)[O-])c1. The number of anilines is 1. The fourth-order valence-corrected chi connectivity index (χ4v) is 1.58. The Kier molecular flexibility index (Phi) is 5.38. The molecule has 0 aliphatic heterocycles. The van der Waals surface area contributed by atoms with Crippen LogP contribution in [0.2, 0.25) is 0 Å². The smallest absolute Gasteiger partial charge is 0.312 e. The van der Waals surface area contributed by atoms with Gasteiger partial charge in [-0.15, -0.1) is 0 Å². The molecule has 1 atom stereocenters. The largest absolute Gasteiger partial charge is 0.490 e. The van der Waals surface area contributed by atoms with E-state index in [0.29, 0.717) is 24.8 Å². The minimum atomic E-state index is -0.456. The summed E-state index contributed by atoms with van der Waals surface area (Å²) >= 11 is 0. The van der Waals surface area contributed by atoms with Crippen LogP contribution in [-0.4, -0.2) is 32.3 Å². The van der Waals surface area contributed by atoms with Gasteiger partial charge in [0.2, 0.25) is 0 Å². The van der Waals surface area contributed by atoms with E-state index in [1.54, 1.807) is 19.2 Å². The van der Waals surface area contributed by atoms with Gasteiger partial charge in [0, 0.05) is 25.4 Å². The maximum atomic E-state index is 10.9. The highest BCUT2D eigenvalue weighted by Crippen LogP contribution is 2.29. The topological polar surface area (TPSA) is 73.6 Å². The second-order valence-corrected chi connectivity index (χ2v) is 4.09. The Labute approximate surface area is 106 Å². The molecule has 1 aromatic rings. The Morgan fingerprint density at radius 1 is 1.44 bits per heavy atom. The molecule has 6 heteroatoms. The Hall–Kier alpha value is -1.82. The van der Waals surface area contributed by atoms with Crippen LogP contribution >= 0.6 is 0 Å². The predicted octanol–water partition coefficient (Wildman–Crippen LogP) is 2.30. The zero-order valence-electron chi connectivity index (χ0n) is 10.8. The Balaban J connectivity index is 2.73. The maximum absolute atomic E-state index is 10.9. The van der Waals surface area contributed by atoms with Crippen LogP contribution in [0.4, 0.5) is 11.4 Å². The molecule has 0 saturated heterocycles. The van der Waals surface area contributed by atoms with Crippen molar-refractivity contribution in [2.24, 2.45) is 5.92 Å². The van der Waals surface area contributed by atoms with Gasteiger partial charge in [-0.1, -0.05) is 6.92 Å². The van der Waals surface area contributed by atoms with E-state index in [1.807, 2.05) is 6.92 Å². The molecule has 1 aromatic carbocycles. The number of ether oxygens (including phenoxy) is 2. The van der Waals surface area contributed by atoms with E-state index >= 15 is 0 Å². The van der Waals surface area contributed by atoms with Crippen molar-refractivity contribution in [3.8, 4) is 5.75 Å². The van der Waals surface area contributed by atoms with Crippen LogP contribution in [0.25, 0.3) is 0 Å². The number of hydrogen-bond donors (Lipinski definition) is 1. The van der Waals surface area contributed by atoms with Crippen LogP contribution < -0.4 is 10.1 Å². The summed E-state index contributed by atoms with van der Waals surface area (Å²) in [5.41, 5.74) is 0.660. The van der Waals surface area contributed by atoms with Gasteiger partial charge in [-0.3, -0.25) is 10.1 Å². The van der Waals surface area contributed by atoms with E-state index in [2.05, 4.69) is 5.32 Å². The van der Waals surface area contributed by atoms with Crippen LogP contribution in [0, 0.1) is 16.0 Å². The summed E-state index contributed by atoms with van der Waals surface area (Å²) in [6, 6.07) is 4.81. The zero-order chi connectivity index (χ0) is 13.5. The number of benzene rings is 1. The molecule has 100 valence electrons. The normalized spacial score (nSPS) is 11.9. The number of nitrogens with one attached hydrogen (secondary N) is 1. The number of rotatable bonds is 7. The highest BCUT2D eigenvalue weighted by Gasteiger charge is 2.15. The number of methoxy groups -OCH3 is 2. The lowest BCUT2D eigenvalue weighted by Gasteiger charge is -2.12. The molecule has 0 heterocycles. The van der Waals surface area contributed by atoms with Crippen LogP contribution in [0.1, 0.15) is 6.92 Å². The van der Waals surface area contributed by atoms with Gasteiger partial charge in [-0.05, 0) is 18.1 Å². The average molecular weight is 254 g/mol. The molecule has 0 bridgehead atoms. The first-order chi connectivity index (χ1) is 8.58. The third kappa shape index (κ3) is 3.89. The summed E-state index contributed by atoms with van der Waals surface area (Å²) in [5.74, 6) is 0.589. The van der Waals surface area contributed by atoms with Crippen molar-refractivity contribution in [3.63, 3.8) is 0 Å². The van der Waals surface area contributed by atoms with Gasteiger partial charge >= 0.3 is 5.69 Å². The third-order valence-corrected chi connectivity index (χ3v) is 2.48. The Morgan fingerprint density at radius 2 is 2.17 bits per heavy atom. The first-order valence-electron chi connectivity index (χ1n) is 5.63. The first-order valence-corrected chi connectivity index (χ1v) is 5.63. The molecule has 0 fully saturated rings. The zero-order valence-corrected chi connectivity index (χ0v) is 10.8. The average Bonchev–Trinajstić information content (AvgIpc) is 2.36. The van der Waals surface area contributed by atoms with E-state index < -0.39 is 4.92 Å². The first kappa shape index (κ1) is 14.2. The van der Waals surface area contributed by atoms with Gasteiger partial charge in [-0.25, -0.2) is 0 Å². The standard InChI is InChI=1S/C12H18N2O4/c1-9(8-17-2)7-13-10-4-5-12(18-3)11(6-10)14(15)16/h4-6,9,13H,7-8H2,1-3H3. The molecule has 0 aromatic heterocycles. The van der Waals surface area contributed by atoms with Gasteiger partial charge in [0.1, 0.15) is 0 Å². The predicted molar refractivity (Wildman–Crippen MR) is 69.2 cm³/mol. The fourth-order valence-electron chi connectivity index (χ4n) is 1.58. The van der Waals surface area contributed by atoms with Crippen molar-refractivity contribution in [2.45, 2.75) is 6.92 Å². The van der Waals surface area contributed by atoms with Crippen LogP contribution in [0.15, 0.2) is 18.2 Å². The van der Waals surface area contributed by atoms with Gasteiger partial charge in [-0.2, -0.15) is 0 Å². The van der Waals surface area contributed by atoms with E-state index in [0.717, 1.165) is 0 Å². The Morgan fingerprint density at radius 3 is 2.72 bits per heavy atom. The lowest BCUT2D eigenvalue weighted by molar-refractivity contribution is -0.385. The number of hydrogen-bond acceptors (Lipinski definition) is 5.